The average molecular weight is 283 g/mol. The molecule has 0 radical (unpaired) electrons. The number of hydrogen-bond donors (Lipinski definition) is 2. The number of amides is 1. The third kappa shape index (κ3) is 2.57. The molecule has 0 aliphatic carbocycles. The molecule has 1 fully saturated rings. The first-order valence-corrected chi connectivity index (χ1v) is 7.42. The first kappa shape index (κ1) is 13.8. The number of aryl methyl sites for hydroxylation is 1. The van der Waals surface area contributed by atoms with Crippen LogP contribution in [0.4, 0.5) is 5.69 Å². The Balaban J connectivity index is 2.31. The predicted molar refractivity (Wildman–Crippen MR) is 71.7 cm³/mol. The van der Waals surface area contributed by atoms with Gasteiger partial charge in [-0.05, 0) is 31.0 Å². The van der Waals surface area contributed by atoms with Gasteiger partial charge in [-0.25, -0.2) is 8.42 Å². The zero-order valence-electron chi connectivity index (χ0n) is 10.7. The molecule has 0 saturated carbocycles. The number of primary amides is 1. The van der Waals surface area contributed by atoms with Crippen molar-refractivity contribution in [2.24, 2.45) is 11.7 Å². The molecule has 7 heteroatoms. The van der Waals surface area contributed by atoms with Crippen LogP contribution in [0, 0.1) is 12.8 Å². The van der Waals surface area contributed by atoms with E-state index in [4.69, 9.17) is 11.5 Å². The van der Waals surface area contributed by atoms with Gasteiger partial charge >= 0.3 is 0 Å². The number of rotatable bonds is 3. The van der Waals surface area contributed by atoms with E-state index in [9.17, 15) is 13.2 Å². The minimum Gasteiger partial charge on any atom is -0.398 e. The van der Waals surface area contributed by atoms with Gasteiger partial charge in [-0.3, -0.25) is 4.79 Å². The summed E-state index contributed by atoms with van der Waals surface area (Å²) in [6.07, 6.45) is 0.459. The van der Waals surface area contributed by atoms with Crippen LogP contribution in [0.3, 0.4) is 0 Å². The van der Waals surface area contributed by atoms with E-state index in [2.05, 4.69) is 0 Å². The van der Waals surface area contributed by atoms with E-state index in [1.165, 1.54) is 10.4 Å². The molecule has 1 aliphatic rings. The zero-order valence-corrected chi connectivity index (χ0v) is 11.5. The van der Waals surface area contributed by atoms with Crippen LogP contribution in [0.15, 0.2) is 23.1 Å². The number of nitrogens with two attached hydrogens (primary N) is 2. The molecule has 6 nitrogen and oxygen atoms in total. The van der Waals surface area contributed by atoms with Crippen molar-refractivity contribution in [2.45, 2.75) is 18.2 Å². The van der Waals surface area contributed by atoms with Gasteiger partial charge in [0.2, 0.25) is 15.9 Å². The van der Waals surface area contributed by atoms with Gasteiger partial charge in [0.25, 0.3) is 0 Å². The van der Waals surface area contributed by atoms with Crippen LogP contribution in [0.25, 0.3) is 0 Å². The van der Waals surface area contributed by atoms with Crippen LogP contribution in [-0.4, -0.2) is 31.7 Å². The molecule has 2 rings (SSSR count). The Bertz CT molecular complexity index is 613. The second-order valence-corrected chi connectivity index (χ2v) is 6.70. The molecule has 1 unspecified atom stereocenters. The Hall–Kier alpha value is -1.60. The lowest BCUT2D eigenvalue weighted by molar-refractivity contribution is -0.121. The van der Waals surface area contributed by atoms with E-state index < -0.39 is 21.8 Å². The minimum absolute atomic E-state index is 0.0863. The highest BCUT2D eigenvalue weighted by Crippen LogP contribution is 2.27. The summed E-state index contributed by atoms with van der Waals surface area (Å²) >= 11 is 0. The second kappa shape index (κ2) is 4.82. The number of sulfonamides is 1. The zero-order chi connectivity index (χ0) is 14.2. The first-order valence-electron chi connectivity index (χ1n) is 5.98. The molecule has 1 saturated heterocycles. The van der Waals surface area contributed by atoms with Gasteiger partial charge in [-0.15, -0.1) is 0 Å². The second-order valence-electron chi connectivity index (χ2n) is 4.79. The molecule has 0 bridgehead atoms. The summed E-state index contributed by atoms with van der Waals surface area (Å²) < 4.78 is 26.1. The predicted octanol–water partition coefficient (Wildman–Crippen LogP) is 0.0731. The van der Waals surface area contributed by atoms with Crippen LogP contribution < -0.4 is 11.5 Å². The summed E-state index contributed by atoms with van der Waals surface area (Å²) in [5.41, 5.74) is 12.1. The highest BCUT2D eigenvalue weighted by atomic mass is 32.2. The molecule has 1 aromatic carbocycles. The summed E-state index contributed by atoms with van der Waals surface area (Å²) in [6.45, 7) is 2.26. The van der Waals surface area contributed by atoms with E-state index in [1.54, 1.807) is 12.1 Å². The number of nitrogens with zero attached hydrogens (tertiary/aromatic N) is 1. The third-order valence-corrected chi connectivity index (χ3v) is 5.28. The van der Waals surface area contributed by atoms with Gasteiger partial charge in [0, 0.05) is 13.1 Å². The maximum Gasteiger partial charge on any atom is 0.245 e. The van der Waals surface area contributed by atoms with E-state index in [1.807, 2.05) is 6.92 Å². The number of anilines is 1. The molecule has 0 aromatic heterocycles. The first-order chi connectivity index (χ1) is 8.82. The van der Waals surface area contributed by atoms with Crippen molar-refractivity contribution in [1.29, 1.82) is 0 Å². The van der Waals surface area contributed by atoms with Crippen LogP contribution in [0.1, 0.15) is 12.0 Å². The molecule has 19 heavy (non-hydrogen) atoms. The largest absolute Gasteiger partial charge is 0.398 e. The fraction of sp³-hybridized carbons (Fsp3) is 0.417. The number of carbonyl (C=O) groups is 1. The third-order valence-electron chi connectivity index (χ3n) is 3.34. The summed E-state index contributed by atoms with van der Waals surface area (Å²) in [5.74, 6) is -0.879. The highest BCUT2D eigenvalue weighted by molar-refractivity contribution is 7.89. The molecule has 1 amide bonds. The van der Waals surface area contributed by atoms with E-state index in [0.717, 1.165) is 5.56 Å². The summed E-state index contributed by atoms with van der Waals surface area (Å²) in [6, 6.07) is 4.82. The van der Waals surface area contributed by atoms with Gasteiger partial charge in [-0.2, -0.15) is 4.31 Å². The van der Waals surface area contributed by atoms with Crippen LogP contribution in [0.5, 0.6) is 0 Å². The van der Waals surface area contributed by atoms with E-state index in [-0.39, 0.29) is 17.1 Å². The topological polar surface area (TPSA) is 106 Å². The lowest BCUT2D eigenvalue weighted by atomic mass is 10.1. The lowest BCUT2D eigenvalue weighted by Gasteiger charge is -2.17. The van der Waals surface area contributed by atoms with Crippen molar-refractivity contribution < 1.29 is 13.2 Å². The Kier molecular flexibility index (Phi) is 3.51. The normalized spacial score (nSPS) is 20.6. The Morgan fingerprint density at radius 3 is 2.63 bits per heavy atom. The van der Waals surface area contributed by atoms with Crippen molar-refractivity contribution >= 4 is 21.6 Å². The van der Waals surface area contributed by atoms with Crippen LogP contribution in [-0.2, 0) is 14.8 Å². The number of hydrogen-bond acceptors (Lipinski definition) is 4. The van der Waals surface area contributed by atoms with Gasteiger partial charge in [0.05, 0.1) is 11.6 Å². The molecule has 1 heterocycles. The van der Waals surface area contributed by atoms with Gasteiger partial charge in [0.15, 0.2) is 0 Å². The quantitative estimate of drug-likeness (QED) is 0.766. The van der Waals surface area contributed by atoms with E-state index in [0.29, 0.717) is 13.0 Å². The van der Waals surface area contributed by atoms with Crippen molar-refractivity contribution in [1.82, 2.24) is 4.31 Å². The van der Waals surface area contributed by atoms with Gasteiger partial charge in [-0.1, -0.05) is 6.07 Å². The van der Waals surface area contributed by atoms with Crippen molar-refractivity contribution in [2.75, 3.05) is 18.8 Å². The lowest BCUT2D eigenvalue weighted by Crippen LogP contribution is -2.32. The molecule has 1 atom stereocenters. The highest BCUT2D eigenvalue weighted by Gasteiger charge is 2.35. The van der Waals surface area contributed by atoms with Crippen LogP contribution in [0.2, 0.25) is 0 Å². The molecule has 4 N–H and O–H groups in total. The fourth-order valence-corrected chi connectivity index (χ4v) is 3.82. The molecule has 0 spiro atoms. The fourth-order valence-electron chi connectivity index (χ4n) is 2.22. The Labute approximate surface area is 112 Å². The molecule has 104 valence electrons. The standard InChI is InChI=1S/C12H17N3O3S/c1-8-2-3-11(10(13)6-8)19(17,18)15-5-4-9(7-15)12(14)16/h2-3,6,9H,4-5,7,13H2,1H3,(H2,14,16). The van der Waals surface area contributed by atoms with Gasteiger partial charge in [0.1, 0.15) is 4.90 Å². The monoisotopic (exact) mass is 283 g/mol. The SMILES string of the molecule is Cc1ccc(S(=O)(=O)N2CCC(C(N)=O)C2)c(N)c1. The maximum atomic E-state index is 12.4. The smallest absolute Gasteiger partial charge is 0.245 e. The Morgan fingerprint density at radius 2 is 2.11 bits per heavy atom. The number of carbonyl (C=O) groups excluding carboxylic acids is 1. The van der Waals surface area contributed by atoms with E-state index >= 15 is 0 Å². The summed E-state index contributed by atoms with van der Waals surface area (Å²) in [7, 11) is -3.65. The van der Waals surface area contributed by atoms with Crippen molar-refractivity contribution in [3.05, 3.63) is 23.8 Å². The minimum atomic E-state index is -3.65. The van der Waals surface area contributed by atoms with Crippen LogP contribution >= 0.6 is 0 Å². The molecule has 1 aromatic rings. The molecule has 1 aliphatic heterocycles. The van der Waals surface area contributed by atoms with Crippen molar-refractivity contribution in [3.63, 3.8) is 0 Å². The average Bonchev–Trinajstić information content (AvgIpc) is 2.78. The maximum absolute atomic E-state index is 12.4. The van der Waals surface area contributed by atoms with Crippen molar-refractivity contribution in [3.8, 4) is 0 Å². The van der Waals surface area contributed by atoms with Gasteiger partial charge < -0.3 is 11.5 Å². The summed E-state index contributed by atoms with van der Waals surface area (Å²) in [5, 5.41) is 0. The Morgan fingerprint density at radius 1 is 1.42 bits per heavy atom. The number of nitrogen functional groups attached to an aromatic ring is 1. The molecular weight excluding hydrogens is 266 g/mol. The summed E-state index contributed by atoms with van der Waals surface area (Å²) in [4.78, 5) is 11.2. The molecular formula is C12H17N3O3S. The number of benzene rings is 1.